The van der Waals surface area contributed by atoms with Crippen molar-refractivity contribution in [3.63, 3.8) is 0 Å². The van der Waals surface area contributed by atoms with Crippen molar-refractivity contribution in [3.05, 3.63) is 77.9 Å². The van der Waals surface area contributed by atoms with Gasteiger partial charge in [0.1, 0.15) is 11.9 Å². The summed E-state index contributed by atoms with van der Waals surface area (Å²) in [7, 11) is 0. The van der Waals surface area contributed by atoms with Gasteiger partial charge in [0.05, 0.1) is 0 Å². The zero-order valence-corrected chi connectivity index (χ0v) is 27.0. The third-order valence-electron chi connectivity index (χ3n) is 10.1. The molecular weight excluding hydrogens is 564 g/mol. The Morgan fingerprint density at radius 3 is 2.44 bits per heavy atom. The van der Waals surface area contributed by atoms with Gasteiger partial charge >= 0.3 is 11.9 Å². The largest absolute Gasteiger partial charge is 0.462 e. The lowest BCUT2D eigenvalue weighted by molar-refractivity contribution is -0.159. The van der Waals surface area contributed by atoms with Gasteiger partial charge in [0.2, 0.25) is 0 Å². The first kappa shape index (κ1) is 31.3. The highest BCUT2D eigenvalue weighted by atomic mass is 16.5. The number of likely N-dealkylation sites (tertiary alicyclic amines) is 1. The van der Waals surface area contributed by atoms with Crippen molar-refractivity contribution >= 4 is 28.6 Å². The molecule has 0 bridgehead atoms. The molecule has 3 fully saturated rings. The standard InChI is InChI=1S/C38H46N2O5/c1-25(2)22-40(37(43)31-15-14-29-8-5-6-9-30(29)18-31)33-20-36(45-27(4)42)35-24-39(23-28-12-13-28)17-16-38(35,21-33)32-10-7-11-34(19-32)44-26(3)41/h5-11,14-15,18-19,25,28,33,35-36H,12-13,16-17,20-24H2,1-4H3/t33-,35-,36?,38-/m0/s1. The zero-order chi connectivity index (χ0) is 31.7. The lowest BCUT2D eigenvalue weighted by Gasteiger charge is -2.57. The Balaban J connectivity index is 1.41. The number of fused-ring (bicyclic) bond motifs is 2. The van der Waals surface area contributed by atoms with Crippen LogP contribution in [0.5, 0.6) is 5.75 Å². The molecule has 238 valence electrons. The summed E-state index contributed by atoms with van der Waals surface area (Å²) >= 11 is 0. The van der Waals surface area contributed by atoms with Crippen molar-refractivity contribution in [2.75, 3.05) is 26.2 Å². The highest BCUT2D eigenvalue weighted by Gasteiger charge is 2.55. The summed E-state index contributed by atoms with van der Waals surface area (Å²) in [6.45, 7) is 10.6. The van der Waals surface area contributed by atoms with Crippen LogP contribution < -0.4 is 4.74 Å². The van der Waals surface area contributed by atoms with E-state index in [1.54, 1.807) is 0 Å². The van der Waals surface area contributed by atoms with Crippen LogP contribution in [0.3, 0.4) is 0 Å². The van der Waals surface area contributed by atoms with Gasteiger partial charge in [-0.05, 0) is 84.7 Å². The van der Waals surface area contributed by atoms with E-state index in [9.17, 15) is 14.4 Å². The molecule has 0 aromatic heterocycles. The quantitative estimate of drug-likeness (QED) is 0.200. The van der Waals surface area contributed by atoms with Crippen LogP contribution in [0.15, 0.2) is 66.7 Å². The molecule has 3 aromatic rings. The van der Waals surface area contributed by atoms with Gasteiger partial charge in [0, 0.05) is 62.8 Å². The molecule has 2 aliphatic carbocycles. The Kier molecular flexibility index (Phi) is 9.00. The SMILES string of the molecule is CC(=O)Oc1cccc([C@@]23CCN(CC4CC4)C[C@H]2C(OC(C)=O)C[C@H](N(CC(C)C)C(=O)c2ccc4ccccc4c2)C3)c1. The normalized spacial score (nSPS) is 25.0. The van der Waals surface area contributed by atoms with Crippen LogP contribution in [0.4, 0.5) is 0 Å². The Morgan fingerprint density at radius 2 is 1.73 bits per heavy atom. The van der Waals surface area contributed by atoms with Gasteiger partial charge in [-0.3, -0.25) is 14.4 Å². The van der Waals surface area contributed by atoms with E-state index < -0.39 is 0 Å². The third kappa shape index (κ3) is 6.94. The van der Waals surface area contributed by atoms with Crippen molar-refractivity contribution < 1.29 is 23.9 Å². The zero-order valence-electron chi connectivity index (χ0n) is 27.0. The van der Waals surface area contributed by atoms with Crippen LogP contribution in [0.2, 0.25) is 0 Å². The molecule has 1 saturated heterocycles. The van der Waals surface area contributed by atoms with Crippen molar-refractivity contribution in [1.29, 1.82) is 0 Å². The monoisotopic (exact) mass is 610 g/mol. The lowest BCUT2D eigenvalue weighted by Crippen LogP contribution is -2.62. The molecule has 1 amide bonds. The first-order valence-corrected chi connectivity index (χ1v) is 16.6. The molecule has 0 radical (unpaired) electrons. The summed E-state index contributed by atoms with van der Waals surface area (Å²) in [5.74, 6) is 0.940. The molecule has 3 aliphatic rings. The maximum absolute atomic E-state index is 14.5. The van der Waals surface area contributed by atoms with Gasteiger partial charge in [0.15, 0.2) is 0 Å². The summed E-state index contributed by atoms with van der Waals surface area (Å²) in [5.41, 5.74) is 1.39. The van der Waals surface area contributed by atoms with Gasteiger partial charge in [-0.1, -0.05) is 56.3 Å². The minimum Gasteiger partial charge on any atom is -0.462 e. The minimum absolute atomic E-state index is 0.00876. The predicted molar refractivity (Wildman–Crippen MR) is 175 cm³/mol. The summed E-state index contributed by atoms with van der Waals surface area (Å²) in [6.07, 6.45) is 4.45. The van der Waals surface area contributed by atoms with Gasteiger partial charge < -0.3 is 19.3 Å². The number of benzene rings is 3. The molecular formula is C38H46N2O5. The summed E-state index contributed by atoms with van der Waals surface area (Å²) in [6, 6.07) is 21.8. The first-order valence-electron chi connectivity index (χ1n) is 16.6. The second-order valence-corrected chi connectivity index (χ2v) is 14.0. The predicted octanol–water partition coefficient (Wildman–Crippen LogP) is 6.63. The van der Waals surface area contributed by atoms with Crippen LogP contribution in [0, 0.1) is 17.8 Å². The smallest absolute Gasteiger partial charge is 0.308 e. The van der Waals surface area contributed by atoms with E-state index in [0.29, 0.717) is 24.3 Å². The number of esters is 2. The molecule has 1 unspecified atom stereocenters. The molecule has 0 N–H and O–H groups in total. The van der Waals surface area contributed by atoms with Crippen LogP contribution in [-0.2, 0) is 19.7 Å². The average Bonchev–Trinajstić information content (AvgIpc) is 3.83. The van der Waals surface area contributed by atoms with Gasteiger partial charge in [0.25, 0.3) is 5.91 Å². The molecule has 2 saturated carbocycles. The minimum atomic E-state index is -0.363. The summed E-state index contributed by atoms with van der Waals surface area (Å²) < 4.78 is 11.8. The first-order chi connectivity index (χ1) is 21.6. The Bertz CT molecular complexity index is 1560. The molecule has 7 nitrogen and oxygen atoms in total. The molecule has 0 spiro atoms. The van der Waals surface area contributed by atoms with E-state index in [2.05, 4.69) is 35.8 Å². The van der Waals surface area contributed by atoms with E-state index in [1.807, 2.05) is 54.6 Å². The molecule has 3 aromatic carbocycles. The average molecular weight is 611 g/mol. The fourth-order valence-corrected chi connectivity index (χ4v) is 7.95. The Labute approximate surface area is 266 Å². The van der Waals surface area contributed by atoms with E-state index in [-0.39, 0.29) is 47.2 Å². The van der Waals surface area contributed by atoms with Gasteiger partial charge in [-0.25, -0.2) is 0 Å². The second-order valence-electron chi connectivity index (χ2n) is 14.0. The molecule has 7 heteroatoms. The Hall–Kier alpha value is -3.71. The fourth-order valence-electron chi connectivity index (χ4n) is 7.95. The number of carbonyl (C=O) groups excluding carboxylic acids is 3. The lowest BCUT2D eigenvalue weighted by atomic mass is 9.56. The molecule has 6 rings (SSSR count). The molecule has 1 aliphatic heterocycles. The number of hydrogen-bond donors (Lipinski definition) is 0. The number of carbonyl (C=O) groups is 3. The molecule has 4 atom stereocenters. The summed E-state index contributed by atoms with van der Waals surface area (Å²) in [4.78, 5) is 43.6. The van der Waals surface area contributed by atoms with Gasteiger partial charge in [-0.2, -0.15) is 0 Å². The van der Waals surface area contributed by atoms with Crippen molar-refractivity contribution in [2.24, 2.45) is 17.8 Å². The third-order valence-corrected chi connectivity index (χ3v) is 10.1. The number of hydrogen-bond acceptors (Lipinski definition) is 6. The number of ether oxygens (including phenoxy) is 2. The van der Waals surface area contributed by atoms with Crippen molar-refractivity contribution in [1.82, 2.24) is 9.80 Å². The van der Waals surface area contributed by atoms with E-state index >= 15 is 0 Å². The highest BCUT2D eigenvalue weighted by molar-refractivity contribution is 5.98. The fraction of sp³-hybridized carbons (Fsp3) is 0.500. The van der Waals surface area contributed by atoms with Crippen molar-refractivity contribution in [3.8, 4) is 5.75 Å². The number of amides is 1. The maximum Gasteiger partial charge on any atom is 0.308 e. The Morgan fingerprint density at radius 1 is 0.956 bits per heavy atom. The number of nitrogens with zero attached hydrogens (tertiary/aromatic N) is 2. The highest BCUT2D eigenvalue weighted by Crippen LogP contribution is 2.52. The topological polar surface area (TPSA) is 76.2 Å². The number of piperidine rings is 1. The van der Waals surface area contributed by atoms with Gasteiger partial charge in [-0.15, -0.1) is 0 Å². The number of rotatable bonds is 9. The molecule has 45 heavy (non-hydrogen) atoms. The van der Waals surface area contributed by atoms with E-state index in [4.69, 9.17) is 9.47 Å². The summed E-state index contributed by atoms with van der Waals surface area (Å²) in [5, 5.41) is 2.14. The van der Waals surface area contributed by atoms with Crippen LogP contribution in [-0.4, -0.2) is 66.0 Å². The van der Waals surface area contributed by atoms with E-state index in [1.165, 1.54) is 26.7 Å². The van der Waals surface area contributed by atoms with Crippen molar-refractivity contribution in [2.45, 2.75) is 77.4 Å². The second kappa shape index (κ2) is 13.0. The van der Waals surface area contributed by atoms with Crippen LogP contribution in [0.25, 0.3) is 10.8 Å². The maximum atomic E-state index is 14.5. The van der Waals surface area contributed by atoms with Crippen LogP contribution >= 0.6 is 0 Å². The van der Waals surface area contributed by atoms with E-state index in [0.717, 1.165) is 54.7 Å². The molecule has 1 heterocycles. The van der Waals surface area contributed by atoms with Crippen LogP contribution in [0.1, 0.15) is 75.7 Å².